The summed E-state index contributed by atoms with van der Waals surface area (Å²) in [6, 6.07) is 7.79. The minimum atomic E-state index is -0.538. The van der Waals surface area contributed by atoms with Gasteiger partial charge in [-0.1, -0.05) is 37.5 Å². The number of aliphatic hydroxyl groups is 1. The predicted molar refractivity (Wildman–Crippen MR) is 136 cm³/mol. The number of aliphatic hydroxyl groups excluding tert-OH is 1. The number of benzene rings is 1. The number of nitrogens with two attached hydrogens (primary N) is 1. The van der Waals surface area contributed by atoms with Gasteiger partial charge in [-0.3, -0.25) is 9.67 Å². The summed E-state index contributed by atoms with van der Waals surface area (Å²) in [5, 5.41) is 24.1. The number of aromatic nitrogens is 4. The number of nitrogens with zero attached hydrogens (tertiary/aromatic N) is 5. The zero-order chi connectivity index (χ0) is 24.1. The fraction of sp³-hybridized carbons (Fsp3) is 0.346. The molecule has 4 rings (SSSR count). The van der Waals surface area contributed by atoms with Crippen LogP contribution in [0.3, 0.4) is 0 Å². The molecule has 176 valence electrons. The summed E-state index contributed by atoms with van der Waals surface area (Å²) in [5.41, 5.74) is 10.8. The minimum Gasteiger partial charge on any atom is -0.404 e. The maximum absolute atomic E-state index is 10.8. The number of allylic oxidation sites excluding steroid dienone is 1. The van der Waals surface area contributed by atoms with Gasteiger partial charge >= 0.3 is 0 Å². The van der Waals surface area contributed by atoms with E-state index in [2.05, 4.69) is 15.1 Å². The first kappa shape index (κ1) is 23.5. The Kier molecular flexibility index (Phi) is 7.27. The van der Waals surface area contributed by atoms with Gasteiger partial charge in [0, 0.05) is 67.1 Å². The highest BCUT2D eigenvalue weighted by Crippen LogP contribution is 2.31. The molecule has 0 aliphatic heterocycles. The van der Waals surface area contributed by atoms with E-state index in [1.54, 1.807) is 30.3 Å². The van der Waals surface area contributed by atoms with Crippen molar-refractivity contribution >= 4 is 17.5 Å². The van der Waals surface area contributed by atoms with E-state index < -0.39 is 6.10 Å². The van der Waals surface area contributed by atoms with Crippen LogP contribution >= 0.6 is 0 Å². The van der Waals surface area contributed by atoms with Crippen molar-refractivity contribution in [2.24, 2.45) is 23.7 Å². The molecule has 1 fully saturated rings. The minimum absolute atomic E-state index is 0.250. The Morgan fingerprint density at radius 3 is 2.76 bits per heavy atom. The summed E-state index contributed by atoms with van der Waals surface area (Å²) in [4.78, 5) is 13.6. The standard InChI is InChI=1S/C26H31N7O/c1-29-13-19(12-27)17-7-6-8-18(11-17)26-30-15-22(20-14-31-33(2)16-20)25(32-26)24(28)21-9-4-3-5-10-23(21)34/h6-8,11-16,21,23,28,34H,3-5,9-10,27H2,1-2H3. The van der Waals surface area contributed by atoms with Crippen LogP contribution in [0.2, 0.25) is 0 Å². The second-order valence-electron chi connectivity index (χ2n) is 8.67. The Labute approximate surface area is 199 Å². The molecule has 1 saturated carbocycles. The van der Waals surface area contributed by atoms with Crippen LogP contribution in [0.15, 0.2) is 54.0 Å². The first-order valence-corrected chi connectivity index (χ1v) is 11.6. The van der Waals surface area contributed by atoms with E-state index in [1.807, 2.05) is 37.5 Å². The lowest BCUT2D eigenvalue weighted by molar-refractivity contribution is 0.131. The highest BCUT2D eigenvalue weighted by atomic mass is 16.3. The second kappa shape index (κ2) is 10.5. The van der Waals surface area contributed by atoms with E-state index in [0.29, 0.717) is 23.7 Å². The van der Waals surface area contributed by atoms with E-state index >= 15 is 0 Å². The third-order valence-electron chi connectivity index (χ3n) is 6.31. The molecule has 4 N–H and O–H groups in total. The van der Waals surface area contributed by atoms with Gasteiger partial charge in [-0.05, 0) is 24.5 Å². The van der Waals surface area contributed by atoms with Gasteiger partial charge in [-0.2, -0.15) is 5.10 Å². The monoisotopic (exact) mass is 457 g/mol. The van der Waals surface area contributed by atoms with Crippen LogP contribution in [0, 0.1) is 11.3 Å². The highest BCUT2D eigenvalue weighted by Gasteiger charge is 2.29. The van der Waals surface area contributed by atoms with Crippen LogP contribution in [0.5, 0.6) is 0 Å². The van der Waals surface area contributed by atoms with Crippen molar-refractivity contribution in [2.45, 2.75) is 38.2 Å². The van der Waals surface area contributed by atoms with Crippen LogP contribution < -0.4 is 5.73 Å². The van der Waals surface area contributed by atoms with Crippen LogP contribution in [0.25, 0.3) is 28.1 Å². The topological polar surface area (TPSA) is 126 Å². The first-order chi connectivity index (χ1) is 16.5. The summed E-state index contributed by atoms with van der Waals surface area (Å²) < 4.78 is 1.72. The molecule has 0 spiro atoms. The van der Waals surface area contributed by atoms with Crippen molar-refractivity contribution in [3.63, 3.8) is 0 Å². The van der Waals surface area contributed by atoms with E-state index in [-0.39, 0.29) is 5.92 Å². The zero-order valence-electron chi connectivity index (χ0n) is 19.6. The molecule has 2 unspecified atom stereocenters. The maximum Gasteiger partial charge on any atom is 0.159 e. The van der Waals surface area contributed by atoms with Gasteiger partial charge in [0.15, 0.2) is 5.82 Å². The summed E-state index contributed by atoms with van der Waals surface area (Å²) in [6.07, 6.45) is 12.6. The molecular formula is C26H31N7O. The van der Waals surface area contributed by atoms with E-state index in [4.69, 9.17) is 16.1 Å². The first-order valence-electron chi connectivity index (χ1n) is 11.6. The number of rotatable bonds is 6. The van der Waals surface area contributed by atoms with Crippen molar-refractivity contribution in [1.29, 1.82) is 5.41 Å². The third-order valence-corrected chi connectivity index (χ3v) is 6.31. The molecule has 2 aromatic heterocycles. The normalized spacial score (nSPS) is 19.3. The number of aliphatic imine (C=N–C) groups is 1. The molecule has 1 aliphatic carbocycles. The van der Waals surface area contributed by atoms with Gasteiger partial charge in [-0.15, -0.1) is 0 Å². The summed E-state index contributed by atoms with van der Waals surface area (Å²) >= 11 is 0. The molecular weight excluding hydrogens is 426 g/mol. The lowest BCUT2D eigenvalue weighted by Crippen LogP contribution is -2.28. The van der Waals surface area contributed by atoms with Gasteiger partial charge < -0.3 is 16.2 Å². The third kappa shape index (κ3) is 4.97. The van der Waals surface area contributed by atoms with E-state index in [1.165, 1.54) is 6.20 Å². The number of hydrogen-bond donors (Lipinski definition) is 3. The predicted octanol–water partition coefficient (Wildman–Crippen LogP) is 3.85. The molecule has 2 atom stereocenters. The Balaban J connectivity index is 1.80. The van der Waals surface area contributed by atoms with Crippen molar-refractivity contribution < 1.29 is 5.11 Å². The van der Waals surface area contributed by atoms with Crippen LogP contribution in [0.1, 0.15) is 43.4 Å². The molecule has 0 saturated heterocycles. The average Bonchev–Trinajstić information content (AvgIpc) is 3.18. The van der Waals surface area contributed by atoms with E-state index in [0.717, 1.165) is 53.5 Å². The van der Waals surface area contributed by atoms with Crippen LogP contribution in [0.4, 0.5) is 0 Å². The molecule has 3 aromatic rings. The van der Waals surface area contributed by atoms with Crippen molar-refractivity contribution in [3.05, 3.63) is 60.3 Å². The van der Waals surface area contributed by atoms with Gasteiger partial charge in [0.05, 0.1) is 23.7 Å². The lowest BCUT2D eigenvalue weighted by atomic mass is 9.88. The molecule has 34 heavy (non-hydrogen) atoms. The molecule has 1 aromatic carbocycles. The number of nitrogens with one attached hydrogen (secondary N) is 1. The molecule has 8 nitrogen and oxygen atoms in total. The smallest absolute Gasteiger partial charge is 0.159 e. The van der Waals surface area contributed by atoms with Gasteiger partial charge in [0.25, 0.3) is 0 Å². The SMILES string of the molecule is CN=CC(=CN)c1cccc(-c2ncc(-c3cnn(C)c3)c(C(=N)C3CCCCCC3O)n2)c1. The van der Waals surface area contributed by atoms with Crippen molar-refractivity contribution in [3.8, 4) is 22.5 Å². The Bertz CT molecular complexity index is 1230. The molecule has 8 heteroatoms. The molecule has 0 bridgehead atoms. The lowest BCUT2D eigenvalue weighted by Gasteiger charge is -2.22. The zero-order valence-corrected chi connectivity index (χ0v) is 19.6. The number of hydrogen-bond acceptors (Lipinski definition) is 7. The van der Waals surface area contributed by atoms with Gasteiger partial charge in [0.2, 0.25) is 0 Å². The highest BCUT2D eigenvalue weighted by molar-refractivity contribution is 6.10. The molecule has 1 aliphatic rings. The second-order valence-corrected chi connectivity index (χ2v) is 8.67. The fourth-order valence-corrected chi connectivity index (χ4v) is 4.49. The fourth-order valence-electron chi connectivity index (χ4n) is 4.49. The summed E-state index contributed by atoms with van der Waals surface area (Å²) in [6.45, 7) is 0. The van der Waals surface area contributed by atoms with E-state index in [9.17, 15) is 5.11 Å². The Hall–Kier alpha value is -3.65. The maximum atomic E-state index is 10.8. The van der Waals surface area contributed by atoms with Crippen molar-refractivity contribution in [1.82, 2.24) is 19.7 Å². The molecule has 2 heterocycles. The Morgan fingerprint density at radius 2 is 2.03 bits per heavy atom. The molecule has 0 amide bonds. The average molecular weight is 458 g/mol. The molecule has 0 radical (unpaired) electrons. The summed E-state index contributed by atoms with van der Waals surface area (Å²) in [7, 11) is 3.56. The quantitative estimate of drug-likeness (QED) is 0.383. The number of aryl methyl sites for hydroxylation is 1. The largest absolute Gasteiger partial charge is 0.404 e. The Morgan fingerprint density at radius 1 is 1.21 bits per heavy atom. The van der Waals surface area contributed by atoms with Crippen LogP contribution in [-0.2, 0) is 7.05 Å². The van der Waals surface area contributed by atoms with Crippen molar-refractivity contribution in [2.75, 3.05) is 7.05 Å². The van der Waals surface area contributed by atoms with Gasteiger partial charge in [0.1, 0.15) is 0 Å². The van der Waals surface area contributed by atoms with Crippen LogP contribution in [-0.4, -0.2) is 49.9 Å². The van der Waals surface area contributed by atoms with Gasteiger partial charge in [-0.25, -0.2) is 9.97 Å². The summed E-state index contributed by atoms with van der Waals surface area (Å²) in [5.74, 6) is 0.265.